The van der Waals surface area contributed by atoms with E-state index in [1.54, 1.807) is 0 Å². The highest BCUT2D eigenvalue weighted by molar-refractivity contribution is 6.21. The van der Waals surface area contributed by atoms with Gasteiger partial charge in [0, 0.05) is 6.08 Å². The van der Waals surface area contributed by atoms with Gasteiger partial charge in [0.2, 0.25) is 11.6 Å². The minimum Gasteiger partial charge on any atom is -0.493 e. The Morgan fingerprint density at radius 1 is 1.11 bits per heavy atom. The van der Waals surface area contributed by atoms with Crippen LogP contribution in [-0.2, 0) is 19.1 Å². The Morgan fingerprint density at radius 3 is 2.52 bits per heavy atom. The Labute approximate surface area is 162 Å². The van der Waals surface area contributed by atoms with E-state index in [9.17, 15) is 9.59 Å². The third-order valence-corrected chi connectivity index (χ3v) is 8.86. The Balaban J connectivity index is 1.73. The molecule has 0 bridgehead atoms. The largest absolute Gasteiger partial charge is 0.493 e. The molecule has 0 radical (unpaired) electrons. The van der Waals surface area contributed by atoms with Crippen LogP contribution in [0.1, 0.15) is 65.7 Å². The number of carbonyl (C=O) groups excluding carboxylic acids is 2. The van der Waals surface area contributed by atoms with Gasteiger partial charge in [0.25, 0.3) is 0 Å². The van der Waals surface area contributed by atoms with Crippen LogP contribution in [-0.4, -0.2) is 25.8 Å². The molecule has 4 nitrogen and oxygen atoms in total. The maximum Gasteiger partial charge on any atom is 0.227 e. The molecule has 4 rings (SSSR count). The molecule has 0 amide bonds. The highest BCUT2D eigenvalue weighted by Gasteiger charge is 2.72. The van der Waals surface area contributed by atoms with Crippen LogP contribution in [0.25, 0.3) is 0 Å². The topological polar surface area (TPSA) is 52.6 Å². The minimum atomic E-state index is -0.259. The van der Waals surface area contributed by atoms with Crippen molar-refractivity contribution in [2.24, 2.45) is 28.1 Å². The zero-order valence-corrected chi connectivity index (χ0v) is 17.3. The third-order valence-electron chi connectivity index (χ3n) is 8.86. The van der Waals surface area contributed by atoms with Crippen molar-refractivity contribution >= 4 is 11.6 Å². The Morgan fingerprint density at radius 2 is 1.85 bits per heavy atom. The summed E-state index contributed by atoms with van der Waals surface area (Å²) in [7, 11) is 2.93. The molecule has 1 spiro atoms. The van der Waals surface area contributed by atoms with Crippen LogP contribution in [0, 0.1) is 28.1 Å². The van der Waals surface area contributed by atoms with E-state index in [0.29, 0.717) is 34.7 Å². The molecule has 0 aliphatic heterocycles. The molecule has 5 atom stereocenters. The van der Waals surface area contributed by atoms with Gasteiger partial charge in [0.05, 0.1) is 19.8 Å². The summed E-state index contributed by atoms with van der Waals surface area (Å²) < 4.78 is 10.6. The molecule has 148 valence electrons. The van der Waals surface area contributed by atoms with E-state index in [2.05, 4.69) is 20.8 Å². The van der Waals surface area contributed by atoms with E-state index in [0.717, 1.165) is 0 Å². The third kappa shape index (κ3) is 2.41. The number of allylic oxidation sites excluding steroid dienone is 2. The molecule has 4 aliphatic carbocycles. The summed E-state index contributed by atoms with van der Waals surface area (Å²) in [5.41, 5.74) is 1.45. The Kier molecular flexibility index (Phi) is 4.14. The maximum atomic E-state index is 13.0. The first-order chi connectivity index (χ1) is 12.7. The van der Waals surface area contributed by atoms with Crippen LogP contribution in [0.5, 0.6) is 0 Å². The number of ketones is 2. The fourth-order valence-corrected chi connectivity index (χ4v) is 7.04. The van der Waals surface area contributed by atoms with E-state index < -0.39 is 0 Å². The number of methoxy groups -OCH3 is 2. The van der Waals surface area contributed by atoms with Gasteiger partial charge in [-0.15, -0.1) is 0 Å². The lowest BCUT2D eigenvalue weighted by Gasteiger charge is -2.55. The standard InChI is InChI=1S/C23H32O4/c1-14-8-10-23-13-21(23,2)9-6-7-18(23)22(14,3)12-15-19(25)17(26-4)11-16(24)20(15)27-5/h11,14,18H,6-10,12-13H2,1-5H3/t14-,18-,21-,22+,23-/m0/s1. The molecule has 0 heterocycles. The second kappa shape index (κ2) is 5.96. The van der Waals surface area contributed by atoms with E-state index in [1.165, 1.54) is 58.8 Å². The van der Waals surface area contributed by atoms with Crippen LogP contribution in [0.3, 0.4) is 0 Å². The first-order valence-electron chi connectivity index (χ1n) is 10.3. The molecule has 27 heavy (non-hydrogen) atoms. The predicted octanol–water partition coefficient (Wildman–Crippen LogP) is 4.59. The van der Waals surface area contributed by atoms with Gasteiger partial charge in [-0.2, -0.15) is 0 Å². The molecule has 3 fully saturated rings. The number of hydrogen-bond donors (Lipinski definition) is 0. The van der Waals surface area contributed by atoms with Gasteiger partial charge in [0.15, 0.2) is 11.5 Å². The summed E-state index contributed by atoms with van der Waals surface area (Å²) >= 11 is 0. The van der Waals surface area contributed by atoms with Gasteiger partial charge in [-0.3, -0.25) is 9.59 Å². The van der Waals surface area contributed by atoms with Crippen molar-refractivity contribution in [3.63, 3.8) is 0 Å². The molecule has 0 aromatic rings. The average molecular weight is 373 g/mol. The first kappa shape index (κ1) is 18.8. The molecular weight excluding hydrogens is 340 g/mol. The zero-order chi connectivity index (χ0) is 19.6. The number of rotatable bonds is 4. The minimum absolute atomic E-state index is 0.00166. The smallest absolute Gasteiger partial charge is 0.227 e. The molecule has 0 saturated heterocycles. The Hall–Kier alpha value is -1.58. The molecule has 3 saturated carbocycles. The van der Waals surface area contributed by atoms with Gasteiger partial charge < -0.3 is 9.47 Å². The van der Waals surface area contributed by atoms with Gasteiger partial charge in [-0.1, -0.05) is 27.2 Å². The summed E-state index contributed by atoms with van der Waals surface area (Å²) in [6.07, 6.45) is 9.57. The first-order valence-corrected chi connectivity index (χ1v) is 10.3. The van der Waals surface area contributed by atoms with E-state index in [1.807, 2.05) is 0 Å². The normalized spacial score (nSPS) is 43.7. The van der Waals surface area contributed by atoms with Crippen LogP contribution >= 0.6 is 0 Å². The van der Waals surface area contributed by atoms with Crippen LogP contribution in [0.2, 0.25) is 0 Å². The molecule has 4 heteroatoms. The van der Waals surface area contributed by atoms with Crippen molar-refractivity contribution in [1.82, 2.24) is 0 Å². The fraction of sp³-hybridized carbons (Fsp3) is 0.739. The van der Waals surface area contributed by atoms with Gasteiger partial charge in [-0.25, -0.2) is 0 Å². The quantitative estimate of drug-likeness (QED) is 0.677. The van der Waals surface area contributed by atoms with Crippen molar-refractivity contribution < 1.29 is 19.1 Å². The van der Waals surface area contributed by atoms with Crippen LogP contribution in [0.15, 0.2) is 23.2 Å². The molecule has 4 aliphatic rings. The summed E-state index contributed by atoms with van der Waals surface area (Å²) in [5, 5.41) is 0. The summed E-state index contributed by atoms with van der Waals surface area (Å²) in [5.74, 6) is 1.03. The highest BCUT2D eigenvalue weighted by atomic mass is 16.5. The number of ether oxygens (including phenoxy) is 2. The van der Waals surface area contributed by atoms with E-state index >= 15 is 0 Å². The zero-order valence-electron chi connectivity index (χ0n) is 17.3. The number of carbonyl (C=O) groups is 2. The Bertz CT molecular complexity index is 762. The van der Waals surface area contributed by atoms with Gasteiger partial charge in [0.1, 0.15) is 0 Å². The van der Waals surface area contributed by atoms with Gasteiger partial charge in [-0.05, 0) is 66.6 Å². The number of Topliss-reactive ketones (excluding diaryl/α,β-unsaturated/α-hetero) is 1. The van der Waals surface area contributed by atoms with Gasteiger partial charge >= 0.3 is 0 Å². The number of hydrogen-bond acceptors (Lipinski definition) is 4. The lowest BCUT2D eigenvalue weighted by atomic mass is 9.50. The maximum absolute atomic E-state index is 13.0. The summed E-state index contributed by atoms with van der Waals surface area (Å²) in [6, 6.07) is 0. The van der Waals surface area contributed by atoms with Crippen molar-refractivity contribution in [2.75, 3.05) is 14.2 Å². The second-order valence-corrected chi connectivity index (χ2v) is 9.88. The fourth-order valence-electron chi connectivity index (χ4n) is 7.04. The van der Waals surface area contributed by atoms with Crippen molar-refractivity contribution in [3.05, 3.63) is 23.2 Å². The van der Waals surface area contributed by atoms with Crippen molar-refractivity contribution in [1.29, 1.82) is 0 Å². The molecule has 0 aromatic heterocycles. The molecule has 0 unspecified atom stereocenters. The van der Waals surface area contributed by atoms with Crippen molar-refractivity contribution in [3.8, 4) is 0 Å². The lowest BCUT2D eigenvalue weighted by Crippen LogP contribution is -2.48. The lowest BCUT2D eigenvalue weighted by molar-refractivity contribution is -0.121. The average Bonchev–Trinajstić information content (AvgIpc) is 3.26. The van der Waals surface area contributed by atoms with Crippen LogP contribution < -0.4 is 0 Å². The van der Waals surface area contributed by atoms with E-state index in [4.69, 9.17) is 9.47 Å². The highest BCUT2D eigenvalue weighted by Crippen LogP contribution is 2.80. The van der Waals surface area contributed by atoms with E-state index in [-0.39, 0.29) is 28.5 Å². The van der Waals surface area contributed by atoms with Crippen molar-refractivity contribution in [2.45, 2.75) is 65.7 Å². The summed E-state index contributed by atoms with van der Waals surface area (Å²) in [6.45, 7) is 7.16. The molecule has 0 aromatic carbocycles. The second-order valence-electron chi connectivity index (χ2n) is 9.88. The van der Waals surface area contributed by atoms with Crippen LogP contribution in [0.4, 0.5) is 0 Å². The monoisotopic (exact) mass is 372 g/mol. The predicted molar refractivity (Wildman–Crippen MR) is 103 cm³/mol. The summed E-state index contributed by atoms with van der Waals surface area (Å²) in [4.78, 5) is 25.5. The molecular formula is C23H32O4. The molecule has 0 N–H and O–H groups in total. The SMILES string of the molecule is COC1=CC(=O)C(OC)=C(C[C@]2(C)[C@@H](C)CC[C@@]34C[C@]3(C)CCC[C@@H]24)C1=O.